The third-order valence-corrected chi connectivity index (χ3v) is 4.44. The molecule has 4 heteroatoms. The molecular weight excluding hydrogens is 300 g/mol. The molecule has 3 rings (SSSR count). The van der Waals surface area contributed by atoms with Crippen LogP contribution >= 0.6 is 0 Å². The highest BCUT2D eigenvalue weighted by atomic mass is 16.5. The molecule has 1 amide bonds. The first-order valence-electron chi connectivity index (χ1n) is 8.37. The molecule has 0 atom stereocenters. The quantitative estimate of drug-likeness (QED) is 0.850. The van der Waals surface area contributed by atoms with E-state index in [1.165, 1.54) is 24.0 Å². The van der Waals surface area contributed by atoms with Crippen molar-refractivity contribution < 1.29 is 9.53 Å². The number of hydrogen-bond acceptors (Lipinski definition) is 3. The zero-order valence-corrected chi connectivity index (χ0v) is 14.3. The zero-order chi connectivity index (χ0) is 16.9. The second-order valence-corrected chi connectivity index (χ2v) is 6.26. The molecule has 0 spiro atoms. The number of amides is 1. The standard InChI is InChI=1S/C20H24N2O2/c1-21-20(23)17-7-3-15(4-8-17)13-22(18-9-10-18)14-16-5-11-19(24-2)12-6-16/h3-8,11-12,18H,9-10,13-14H2,1-2H3,(H,21,23). The molecule has 0 saturated heterocycles. The lowest BCUT2D eigenvalue weighted by Gasteiger charge is -2.22. The Morgan fingerprint density at radius 2 is 1.58 bits per heavy atom. The lowest BCUT2D eigenvalue weighted by atomic mass is 10.1. The Bertz CT molecular complexity index is 676. The first kappa shape index (κ1) is 16.5. The van der Waals surface area contributed by atoms with E-state index in [2.05, 4.69) is 22.3 Å². The number of nitrogens with zero attached hydrogens (tertiary/aromatic N) is 1. The van der Waals surface area contributed by atoms with Crippen LogP contribution in [0.4, 0.5) is 0 Å². The molecule has 2 aromatic carbocycles. The molecule has 1 N–H and O–H groups in total. The molecule has 0 aliphatic heterocycles. The fraction of sp³-hybridized carbons (Fsp3) is 0.350. The van der Waals surface area contributed by atoms with Crippen molar-refractivity contribution in [1.29, 1.82) is 0 Å². The molecule has 1 aliphatic rings. The van der Waals surface area contributed by atoms with E-state index in [1.54, 1.807) is 14.2 Å². The summed E-state index contributed by atoms with van der Waals surface area (Å²) in [6.07, 6.45) is 2.54. The van der Waals surface area contributed by atoms with Crippen molar-refractivity contribution in [3.8, 4) is 5.75 Å². The number of rotatable bonds is 7. The minimum absolute atomic E-state index is 0.0427. The van der Waals surface area contributed by atoms with Crippen molar-refractivity contribution in [3.05, 3.63) is 65.2 Å². The van der Waals surface area contributed by atoms with Gasteiger partial charge in [0.05, 0.1) is 7.11 Å². The predicted octanol–water partition coefficient (Wildman–Crippen LogP) is 3.22. The van der Waals surface area contributed by atoms with Gasteiger partial charge < -0.3 is 10.1 Å². The molecule has 4 nitrogen and oxygen atoms in total. The van der Waals surface area contributed by atoms with Crippen LogP contribution in [0.3, 0.4) is 0 Å². The summed E-state index contributed by atoms with van der Waals surface area (Å²) in [4.78, 5) is 14.1. The number of hydrogen-bond donors (Lipinski definition) is 1. The van der Waals surface area contributed by atoms with Crippen LogP contribution in [-0.4, -0.2) is 31.0 Å². The van der Waals surface area contributed by atoms with E-state index in [-0.39, 0.29) is 5.91 Å². The molecular formula is C20H24N2O2. The van der Waals surface area contributed by atoms with Gasteiger partial charge in [-0.25, -0.2) is 0 Å². The number of methoxy groups -OCH3 is 1. The fourth-order valence-corrected chi connectivity index (χ4v) is 2.86. The van der Waals surface area contributed by atoms with Gasteiger partial charge in [0.15, 0.2) is 0 Å². The molecule has 1 fully saturated rings. The minimum Gasteiger partial charge on any atom is -0.497 e. The number of carbonyl (C=O) groups excluding carboxylic acids is 1. The first-order valence-corrected chi connectivity index (χ1v) is 8.37. The molecule has 1 aliphatic carbocycles. The van der Waals surface area contributed by atoms with Crippen LogP contribution in [-0.2, 0) is 13.1 Å². The molecule has 24 heavy (non-hydrogen) atoms. The summed E-state index contributed by atoms with van der Waals surface area (Å²) in [6, 6.07) is 16.8. The van der Waals surface area contributed by atoms with Gasteiger partial charge in [-0.3, -0.25) is 9.69 Å². The van der Waals surface area contributed by atoms with E-state index in [1.807, 2.05) is 36.4 Å². The van der Waals surface area contributed by atoms with E-state index < -0.39 is 0 Å². The lowest BCUT2D eigenvalue weighted by molar-refractivity contribution is 0.0963. The largest absolute Gasteiger partial charge is 0.497 e. The Morgan fingerprint density at radius 1 is 1.04 bits per heavy atom. The van der Waals surface area contributed by atoms with Gasteiger partial charge in [0.1, 0.15) is 5.75 Å². The maximum atomic E-state index is 11.6. The van der Waals surface area contributed by atoms with Crippen LogP contribution in [0.1, 0.15) is 34.3 Å². The van der Waals surface area contributed by atoms with E-state index in [0.29, 0.717) is 11.6 Å². The Balaban J connectivity index is 1.66. The maximum absolute atomic E-state index is 11.6. The van der Waals surface area contributed by atoms with Crippen LogP contribution in [0, 0.1) is 0 Å². The zero-order valence-electron chi connectivity index (χ0n) is 14.3. The third kappa shape index (κ3) is 4.15. The molecule has 126 valence electrons. The average molecular weight is 324 g/mol. The predicted molar refractivity (Wildman–Crippen MR) is 95.1 cm³/mol. The van der Waals surface area contributed by atoms with Crippen molar-refractivity contribution >= 4 is 5.91 Å². The normalized spacial score (nSPS) is 13.8. The van der Waals surface area contributed by atoms with Crippen molar-refractivity contribution in [2.75, 3.05) is 14.2 Å². The first-order chi connectivity index (χ1) is 11.7. The van der Waals surface area contributed by atoms with E-state index in [4.69, 9.17) is 4.74 Å². The molecule has 0 bridgehead atoms. The average Bonchev–Trinajstić information content (AvgIpc) is 3.47. The van der Waals surface area contributed by atoms with Gasteiger partial charge in [-0.2, -0.15) is 0 Å². The molecule has 1 saturated carbocycles. The monoisotopic (exact) mass is 324 g/mol. The highest BCUT2D eigenvalue weighted by Crippen LogP contribution is 2.30. The van der Waals surface area contributed by atoms with Crippen molar-refractivity contribution in [3.63, 3.8) is 0 Å². The number of ether oxygens (including phenoxy) is 1. The highest BCUT2D eigenvalue weighted by Gasteiger charge is 2.28. The molecule has 2 aromatic rings. The Kier molecular flexibility index (Phi) is 5.16. The van der Waals surface area contributed by atoms with Crippen molar-refractivity contribution in [2.24, 2.45) is 0 Å². The maximum Gasteiger partial charge on any atom is 0.251 e. The van der Waals surface area contributed by atoms with Gasteiger partial charge in [0.25, 0.3) is 5.91 Å². The Hall–Kier alpha value is -2.33. The third-order valence-electron chi connectivity index (χ3n) is 4.44. The van der Waals surface area contributed by atoms with E-state index in [0.717, 1.165) is 18.8 Å². The van der Waals surface area contributed by atoms with Gasteiger partial charge in [-0.1, -0.05) is 24.3 Å². The van der Waals surface area contributed by atoms with Crippen molar-refractivity contribution in [1.82, 2.24) is 10.2 Å². The van der Waals surface area contributed by atoms with Crippen LogP contribution in [0.25, 0.3) is 0 Å². The van der Waals surface area contributed by atoms with Crippen LogP contribution in [0.2, 0.25) is 0 Å². The second-order valence-electron chi connectivity index (χ2n) is 6.26. The van der Waals surface area contributed by atoms with Crippen LogP contribution in [0.5, 0.6) is 5.75 Å². The summed E-state index contributed by atoms with van der Waals surface area (Å²) in [5, 5.41) is 2.65. The van der Waals surface area contributed by atoms with E-state index in [9.17, 15) is 4.79 Å². The summed E-state index contributed by atoms with van der Waals surface area (Å²) in [5.41, 5.74) is 3.24. The topological polar surface area (TPSA) is 41.6 Å². The Morgan fingerprint density at radius 3 is 2.04 bits per heavy atom. The molecule has 0 heterocycles. The number of benzene rings is 2. The summed E-state index contributed by atoms with van der Waals surface area (Å²) in [7, 11) is 3.34. The van der Waals surface area contributed by atoms with Gasteiger partial charge >= 0.3 is 0 Å². The van der Waals surface area contributed by atoms with Crippen molar-refractivity contribution in [2.45, 2.75) is 32.0 Å². The fourth-order valence-electron chi connectivity index (χ4n) is 2.86. The van der Waals surface area contributed by atoms with Gasteiger partial charge in [0, 0.05) is 31.7 Å². The van der Waals surface area contributed by atoms with Crippen LogP contribution in [0.15, 0.2) is 48.5 Å². The number of nitrogens with one attached hydrogen (secondary N) is 1. The summed E-state index contributed by atoms with van der Waals surface area (Å²) < 4.78 is 5.22. The summed E-state index contributed by atoms with van der Waals surface area (Å²) >= 11 is 0. The van der Waals surface area contributed by atoms with Gasteiger partial charge in [0.2, 0.25) is 0 Å². The SMILES string of the molecule is CNC(=O)c1ccc(CN(Cc2ccc(OC)cc2)C2CC2)cc1. The summed E-state index contributed by atoms with van der Waals surface area (Å²) in [5.74, 6) is 0.848. The molecule has 0 unspecified atom stereocenters. The van der Waals surface area contributed by atoms with Gasteiger partial charge in [-0.15, -0.1) is 0 Å². The minimum atomic E-state index is -0.0427. The molecule has 0 aromatic heterocycles. The van der Waals surface area contributed by atoms with E-state index >= 15 is 0 Å². The number of carbonyl (C=O) groups is 1. The smallest absolute Gasteiger partial charge is 0.251 e. The lowest BCUT2D eigenvalue weighted by Crippen LogP contribution is -2.25. The highest BCUT2D eigenvalue weighted by molar-refractivity contribution is 5.93. The van der Waals surface area contributed by atoms with Gasteiger partial charge in [-0.05, 0) is 48.2 Å². The molecule has 0 radical (unpaired) electrons. The second kappa shape index (κ2) is 7.49. The Labute approximate surface area is 143 Å². The van der Waals surface area contributed by atoms with Crippen LogP contribution < -0.4 is 10.1 Å². The summed E-state index contributed by atoms with van der Waals surface area (Å²) in [6.45, 7) is 1.84.